The van der Waals surface area contributed by atoms with Crippen molar-refractivity contribution in [2.45, 2.75) is 6.10 Å². The largest absolute Gasteiger partial charge is 0.491 e. The van der Waals surface area contributed by atoms with Crippen LogP contribution in [0, 0.1) is 5.82 Å². The Balaban J connectivity index is 1.80. The van der Waals surface area contributed by atoms with Crippen molar-refractivity contribution in [3.8, 4) is 5.75 Å². The van der Waals surface area contributed by atoms with Gasteiger partial charge in [-0.05, 0) is 42.5 Å². The molecule has 0 radical (unpaired) electrons. The molecular formula is C15H14Cl2FNO2. The van der Waals surface area contributed by atoms with Gasteiger partial charge in [0.15, 0.2) is 0 Å². The van der Waals surface area contributed by atoms with Crippen LogP contribution in [0.15, 0.2) is 42.5 Å². The summed E-state index contributed by atoms with van der Waals surface area (Å²) in [6, 6.07) is 10.8. The van der Waals surface area contributed by atoms with Crippen LogP contribution in [0.3, 0.4) is 0 Å². The fourth-order valence-corrected chi connectivity index (χ4v) is 1.95. The van der Waals surface area contributed by atoms with Gasteiger partial charge >= 0.3 is 0 Å². The molecule has 0 saturated carbocycles. The van der Waals surface area contributed by atoms with E-state index < -0.39 is 11.9 Å². The van der Waals surface area contributed by atoms with Crippen molar-refractivity contribution in [2.75, 3.05) is 18.5 Å². The van der Waals surface area contributed by atoms with E-state index in [4.69, 9.17) is 27.9 Å². The summed E-state index contributed by atoms with van der Waals surface area (Å²) in [5.41, 5.74) is 0.433. The molecule has 2 N–H and O–H groups in total. The van der Waals surface area contributed by atoms with E-state index in [2.05, 4.69) is 5.32 Å². The second kappa shape index (κ2) is 7.50. The number of aliphatic hydroxyl groups is 1. The summed E-state index contributed by atoms with van der Waals surface area (Å²) in [4.78, 5) is 0. The van der Waals surface area contributed by atoms with Crippen molar-refractivity contribution in [1.29, 1.82) is 0 Å². The van der Waals surface area contributed by atoms with Crippen LogP contribution in [-0.4, -0.2) is 24.4 Å². The van der Waals surface area contributed by atoms with E-state index in [-0.39, 0.29) is 13.2 Å². The number of hydrogen-bond donors (Lipinski definition) is 2. The quantitative estimate of drug-likeness (QED) is 0.842. The molecule has 0 fully saturated rings. The Morgan fingerprint density at radius 3 is 2.57 bits per heavy atom. The highest BCUT2D eigenvalue weighted by Crippen LogP contribution is 2.22. The first kappa shape index (κ1) is 15.9. The number of nitrogens with one attached hydrogen (secondary N) is 1. The van der Waals surface area contributed by atoms with Gasteiger partial charge in [0.05, 0.1) is 10.7 Å². The average Bonchev–Trinajstić information content (AvgIpc) is 2.47. The molecule has 0 bridgehead atoms. The van der Waals surface area contributed by atoms with Gasteiger partial charge in [0.25, 0.3) is 0 Å². The molecular weight excluding hydrogens is 316 g/mol. The Hall–Kier alpha value is -1.49. The van der Waals surface area contributed by atoms with Gasteiger partial charge in [-0.25, -0.2) is 4.39 Å². The molecule has 2 aromatic carbocycles. The van der Waals surface area contributed by atoms with Crippen LogP contribution in [0.2, 0.25) is 10.0 Å². The zero-order valence-corrected chi connectivity index (χ0v) is 12.5. The zero-order chi connectivity index (χ0) is 15.2. The maximum absolute atomic E-state index is 13.1. The highest BCUT2D eigenvalue weighted by molar-refractivity contribution is 6.33. The minimum absolute atomic E-state index is 0.0988. The molecule has 0 spiro atoms. The number of halogens is 3. The molecule has 0 aliphatic heterocycles. The fraction of sp³-hybridized carbons (Fsp3) is 0.200. The summed E-state index contributed by atoms with van der Waals surface area (Å²) in [6.07, 6.45) is -0.764. The molecule has 1 atom stereocenters. The smallest absolute Gasteiger partial charge is 0.125 e. The predicted molar refractivity (Wildman–Crippen MR) is 82.9 cm³/mol. The van der Waals surface area contributed by atoms with Gasteiger partial charge in [0.1, 0.15) is 24.3 Å². The minimum Gasteiger partial charge on any atom is -0.491 e. The normalized spacial score (nSPS) is 12.0. The average molecular weight is 330 g/mol. The standard InChI is InChI=1S/C15H14Cl2FNO2/c16-10-1-4-13(5-2-10)21-9-12(20)8-19-15-7-11(18)3-6-14(15)17/h1-7,12,19-20H,8-9H2. The van der Waals surface area contributed by atoms with E-state index in [0.717, 1.165) is 0 Å². The highest BCUT2D eigenvalue weighted by Gasteiger charge is 2.08. The number of hydrogen-bond acceptors (Lipinski definition) is 3. The third kappa shape index (κ3) is 5.08. The lowest BCUT2D eigenvalue weighted by Crippen LogP contribution is -2.26. The Kier molecular flexibility index (Phi) is 5.67. The molecule has 0 saturated heterocycles. The first-order valence-corrected chi connectivity index (χ1v) is 7.05. The van der Waals surface area contributed by atoms with Crippen LogP contribution in [0.1, 0.15) is 0 Å². The van der Waals surface area contributed by atoms with E-state index >= 15 is 0 Å². The van der Waals surface area contributed by atoms with Gasteiger partial charge in [-0.3, -0.25) is 0 Å². The fourth-order valence-electron chi connectivity index (χ4n) is 1.64. The van der Waals surface area contributed by atoms with E-state index in [1.165, 1.54) is 18.2 Å². The maximum Gasteiger partial charge on any atom is 0.125 e. The molecule has 3 nitrogen and oxygen atoms in total. The lowest BCUT2D eigenvalue weighted by atomic mass is 10.3. The van der Waals surface area contributed by atoms with Gasteiger partial charge in [0.2, 0.25) is 0 Å². The molecule has 0 heterocycles. The minimum atomic E-state index is -0.764. The molecule has 21 heavy (non-hydrogen) atoms. The Morgan fingerprint density at radius 1 is 1.14 bits per heavy atom. The third-order valence-electron chi connectivity index (χ3n) is 2.71. The van der Waals surface area contributed by atoms with E-state index in [0.29, 0.717) is 21.5 Å². The van der Waals surface area contributed by atoms with E-state index in [1.807, 2.05) is 0 Å². The van der Waals surface area contributed by atoms with Gasteiger partial charge < -0.3 is 15.2 Å². The van der Waals surface area contributed by atoms with Gasteiger partial charge in [-0.2, -0.15) is 0 Å². The summed E-state index contributed by atoms with van der Waals surface area (Å²) >= 11 is 11.7. The monoisotopic (exact) mass is 329 g/mol. The molecule has 6 heteroatoms. The summed E-state index contributed by atoms with van der Waals surface area (Å²) in [5.74, 6) is 0.219. The first-order valence-electron chi connectivity index (χ1n) is 6.30. The van der Waals surface area contributed by atoms with E-state index in [9.17, 15) is 9.50 Å². The lowest BCUT2D eigenvalue weighted by Gasteiger charge is -2.15. The van der Waals surface area contributed by atoms with Crippen LogP contribution < -0.4 is 10.1 Å². The van der Waals surface area contributed by atoms with Crippen molar-refractivity contribution in [2.24, 2.45) is 0 Å². The third-order valence-corrected chi connectivity index (χ3v) is 3.29. The highest BCUT2D eigenvalue weighted by atomic mass is 35.5. The summed E-state index contributed by atoms with van der Waals surface area (Å²) < 4.78 is 18.5. The van der Waals surface area contributed by atoms with Crippen molar-refractivity contribution >= 4 is 28.9 Å². The number of anilines is 1. The molecule has 0 amide bonds. The molecule has 2 aromatic rings. The van der Waals surface area contributed by atoms with Crippen molar-refractivity contribution in [3.05, 3.63) is 58.3 Å². The van der Waals surface area contributed by atoms with Gasteiger partial charge in [-0.1, -0.05) is 23.2 Å². The van der Waals surface area contributed by atoms with Crippen molar-refractivity contribution in [3.63, 3.8) is 0 Å². The van der Waals surface area contributed by atoms with Crippen molar-refractivity contribution in [1.82, 2.24) is 0 Å². The number of rotatable bonds is 6. The van der Waals surface area contributed by atoms with Crippen LogP contribution in [0.25, 0.3) is 0 Å². The SMILES string of the molecule is OC(CNc1cc(F)ccc1Cl)COc1ccc(Cl)cc1. The second-order valence-corrected chi connectivity index (χ2v) is 5.27. The molecule has 2 rings (SSSR count). The van der Waals surface area contributed by atoms with Crippen molar-refractivity contribution < 1.29 is 14.2 Å². The topological polar surface area (TPSA) is 41.5 Å². The van der Waals surface area contributed by atoms with Crippen LogP contribution in [0.5, 0.6) is 5.75 Å². The lowest BCUT2D eigenvalue weighted by molar-refractivity contribution is 0.117. The van der Waals surface area contributed by atoms with Crippen LogP contribution >= 0.6 is 23.2 Å². The number of ether oxygens (including phenoxy) is 1. The second-order valence-electron chi connectivity index (χ2n) is 4.42. The molecule has 1 unspecified atom stereocenters. The first-order chi connectivity index (χ1) is 10.0. The molecule has 112 valence electrons. The van der Waals surface area contributed by atoms with Crippen LogP contribution in [-0.2, 0) is 0 Å². The van der Waals surface area contributed by atoms with Crippen LogP contribution in [0.4, 0.5) is 10.1 Å². The Morgan fingerprint density at radius 2 is 1.86 bits per heavy atom. The van der Waals surface area contributed by atoms with Gasteiger partial charge in [0, 0.05) is 11.6 Å². The summed E-state index contributed by atoms with van der Waals surface area (Å²) in [5, 5.41) is 13.7. The predicted octanol–water partition coefficient (Wildman–Crippen LogP) is 3.98. The van der Waals surface area contributed by atoms with Gasteiger partial charge in [-0.15, -0.1) is 0 Å². The summed E-state index contributed by atoms with van der Waals surface area (Å²) in [6.45, 7) is 0.290. The molecule has 0 aliphatic carbocycles. The molecule has 0 aliphatic rings. The zero-order valence-electron chi connectivity index (χ0n) is 11.0. The Bertz CT molecular complexity index is 593. The summed E-state index contributed by atoms with van der Waals surface area (Å²) in [7, 11) is 0. The van der Waals surface area contributed by atoms with E-state index in [1.54, 1.807) is 24.3 Å². The number of benzene rings is 2. The maximum atomic E-state index is 13.1. The Labute approximate surface area is 132 Å². The molecule has 0 aromatic heterocycles. The number of aliphatic hydroxyl groups excluding tert-OH is 1.